The molecule has 0 saturated heterocycles. The van der Waals surface area contributed by atoms with Crippen LogP contribution in [0.3, 0.4) is 0 Å². The van der Waals surface area contributed by atoms with Gasteiger partial charge in [-0.1, -0.05) is 42.0 Å². The third-order valence-electron chi connectivity index (χ3n) is 3.34. The molecule has 0 amide bonds. The molecule has 0 saturated carbocycles. The van der Waals surface area contributed by atoms with Gasteiger partial charge in [0, 0.05) is 22.8 Å². The first-order chi connectivity index (χ1) is 10.1. The van der Waals surface area contributed by atoms with E-state index in [9.17, 15) is 0 Å². The Kier molecular flexibility index (Phi) is 3.54. The third kappa shape index (κ3) is 2.71. The molecule has 0 unspecified atom stereocenters. The second kappa shape index (κ2) is 5.50. The molecule has 2 aromatic carbocycles. The first kappa shape index (κ1) is 13.5. The van der Waals surface area contributed by atoms with Crippen molar-refractivity contribution in [3.8, 4) is 0 Å². The van der Waals surface area contributed by atoms with Crippen molar-refractivity contribution < 1.29 is 0 Å². The van der Waals surface area contributed by atoms with Crippen LogP contribution in [0, 0.1) is 6.92 Å². The number of thiocarbonyl (C=S) groups is 1. The number of nitrogens with one attached hydrogen (secondary N) is 1. The Labute approximate surface area is 128 Å². The molecule has 0 bridgehead atoms. The zero-order valence-corrected chi connectivity index (χ0v) is 12.4. The van der Waals surface area contributed by atoms with Crippen LogP contribution < -0.4 is 11.1 Å². The fourth-order valence-corrected chi connectivity index (χ4v) is 2.49. The zero-order chi connectivity index (χ0) is 14.8. The second-order valence-corrected chi connectivity index (χ2v) is 5.36. The monoisotopic (exact) mass is 293 g/mol. The molecule has 1 aromatic heterocycles. The van der Waals surface area contributed by atoms with Crippen molar-refractivity contribution in [1.82, 2.24) is 4.98 Å². The molecule has 21 heavy (non-hydrogen) atoms. The molecule has 4 heteroatoms. The van der Waals surface area contributed by atoms with Gasteiger partial charge in [-0.05, 0) is 31.2 Å². The summed E-state index contributed by atoms with van der Waals surface area (Å²) in [5.41, 5.74) is 10.6. The van der Waals surface area contributed by atoms with Gasteiger partial charge in [-0.3, -0.25) is 4.98 Å². The summed E-state index contributed by atoms with van der Waals surface area (Å²) in [5, 5.41) is 4.48. The normalized spacial score (nSPS) is 10.5. The maximum atomic E-state index is 5.83. The molecule has 0 radical (unpaired) electrons. The standard InChI is InChI=1S/C17H15N3S/c1-11-7-8-14(13(10-11)17(18)21)20-15-6-2-4-12-5-3-9-19-16(12)15/h2-10,20H,1H3,(H2,18,21). The average molecular weight is 293 g/mol. The van der Waals surface area contributed by atoms with Crippen molar-refractivity contribution in [2.75, 3.05) is 5.32 Å². The van der Waals surface area contributed by atoms with Gasteiger partial charge in [0.05, 0.1) is 11.2 Å². The van der Waals surface area contributed by atoms with Crippen molar-refractivity contribution in [2.45, 2.75) is 6.92 Å². The number of fused-ring (bicyclic) bond motifs is 1. The van der Waals surface area contributed by atoms with Gasteiger partial charge in [-0.15, -0.1) is 0 Å². The number of nitrogens with zero attached hydrogens (tertiary/aromatic N) is 1. The minimum Gasteiger partial charge on any atom is -0.389 e. The summed E-state index contributed by atoms with van der Waals surface area (Å²) in [4.78, 5) is 4.83. The number of anilines is 2. The maximum absolute atomic E-state index is 5.83. The Hall–Kier alpha value is -2.46. The number of pyridine rings is 1. The quantitative estimate of drug-likeness (QED) is 0.719. The molecule has 0 spiro atoms. The van der Waals surface area contributed by atoms with Crippen LogP contribution in [0.25, 0.3) is 10.9 Å². The molecular formula is C17H15N3S. The van der Waals surface area contributed by atoms with E-state index in [1.165, 1.54) is 0 Å². The molecule has 0 aliphatic rings. The molecule has 0 atom stereocenters. The van der Waals surface area contributed by atoms with Crippen molar-refractivity contribution in [2.24, 2.45) is 5.73 Å². The van der Waals surface area contributed by atoms with Crippen LogP contribution in [0.15, 0.2) is 54.7 Å². The van der Waals surface area contributed by atoms with Gasteiger partial charge in [-0.25, -0.2) is 0 Å². The zero-order valence-electron chi connectivity index (χ0n) is 11.6. The highest BCUT2D eigenvalue weighted by atomic mass is 32.1. The molecule has 104 valence electrons. The number of hydrogen-bond donors (Lipinski definition) is 2. The summed E-state index contributed by atoms with van der Waals surface area (Å²) in [6.45, 7) is 2.02. The Morgan fingerprint density at radius 3 is 2.71 bits per heavy atom. The van der Waals surface area contributed by atoms with Gasteiger partial charge in [0.15, 0.2) is 0 Å². The summed E-state index contributed by atoms with van der Waals surface area (Å²) >= 11 is 5.14. The smallest absolute Gasteiger partial charge is 0.106 e. The minimum absolute atomic E-state index is 0.384. The van der Waals surface area contributed by atoms with E-state index in [0.29, 0.717) is 4.99 Å². The van der Waals surface area contributed by atoms with Crippen LogP contribution >= 0.6 is 12.2 Å². The Morgan fingerprint density at radius 1 is 1.10 bits per heavy atom. The lowest BCUT2D eigenvalue weighted by Gasteiger charge is -2.13. The largest absolute Gasteiger partial charge is 0.389 e. The number of rotatable bonds is 3. The van der Waals surface area contributed by atoms with Crippen LogP contribution in [0.2, 0.25) is 0 Å². The van der Waals surface area contributed by atoms with E-state index in [-0.39, 0.29) is 0 Å². The van der Waals surface area contributed by atoms with E-state index < -0.39 is 0 Å². The van der Waals surface area contributed by atoms with Crippen molar-refractivity contribution >= 4 is 39.5 Å². The number of aryl methyl sites for hydroxylation is 1. The highest BCUT2D eigenvalue weighted by Crippen LogP contribution is 2.27. The predicted molar refractivity (Wildman–Crippen MR) is 92.1 cm³/mol. The minimum atomic E-state index is 0.384. The lowest BCUT2D eigenvalue weighted by Crippen LogP contribution is -2.12. The first-order valence-corrected chi connectivity index (χ1v) is 7.07. The summed E-state index contributed by atoms with van der Waals surface area (Å²) in [7, 11) is 0. The molecule has 0 fully saturated rings. The molecule has 3 N–H and O–H groups in total. The van der Waals surface area contributed by atoms with E-state index in [1.807, 2.05) is 55.5 Å². The number of nitrogens with two attached hydrogens (primary N) is 1. The average Bonchev–Trinajstić information content (AvgIpc) is 2.49. The molecule has 0 aliphatic heterocycles. The van der Waals surface area contributed by atoms with Gasteiger partial charge in [0.1, 0.15) is 4.99 Å². The number of benzene rings is 2. The number of para-hydroxylation sites is 1. The fourth-order valence-electron chi connectivity index (χ4n) is 2.32. The Morgan fingerprint density at radius 2 is 1.90 bits per heavy atom. The van der Waals surface area contributed by atoms with E-state index in [4.69, 9.17) is 18.0 Å². The summed E-state index contributed by atoms with van der Waals surface area (Å²) < 4.78 is 0. The SMILES string of the molecule is Cc1ccc(Nc2cccc3cccnc23)c(C(N)=S)c1. The van der Waals surface area contributed by atoms with Crippen molar-refractivity contribution in [3.63, 3.8) is 0 Å². The lowest BCUT2D eigenvalue weighted by molar-refractivity contribution is 1.39. The molecule has 0 aliphatic carbocycles. The Bertz CT molecular complexity index is 822. The van der Waals surface area contributed by atoms with E-state index in [2.05, 4.69) is 10.3 Å². The van der Waals surface area contributed by atoms with Gasteiger partial charge < -0.3 is 11.1 Å². The van der Waals surface area contributed by atoms with Gasteiger partial charge in [-0.2, -0.15) is 0 Å². The van der Waals surface area contributed by atoms with Gasteiger partial charge in [0.25, 0.3) is 0 Å². The third-order valence-corrected chi connectivity index (χ3v) is 3.56. The molecule has 1 heterocycles. The van der Waals surface area contributed by atoms with Crippen LogP contribution in [0.4, 0.5) is 11.4 Å². The fraction of sp³-hybridized carbons (Fsp3) is 0.0588. The summed E-state index contributed by atoms with van der Waals surface area (Å²) in [6.07, 6.45) is 1.79. The molecular weight excluding hydrogens is 278 g/mol. The highest BCUT2D eigenvalue weighted by Gasteiger charge is 2.08. The van der Waals surface area contributed by atoms with Crippen LogP contribution in [-0.4, -0.2) is 9.97 Å². The van der Waals surface area contributed by atoms with Crippen molar-refractivity contribution in [3.05, 3.63) is 65.9 Å². The molecule has 3 nitrogen and oxygen atoms in total. The molecule has 3 aromatic rings. The molecule has 3 rings (SSSR count). The van der Waals surface area contributed by atoms with Gasteiger partial charge >= 0.3 is 0 Å². The highest BCUT2D eigenvalue weighted by molar-refractivity contribution is 7.80. The van der Waals surface area contributed by atoms with Gasteiger partial charge in [0.2, 0.25) is 0 Å². The second-order valence-electron chi connectivity index (χ2n) is 4.92. The summed E-state index contributed by atoms with van der Waals surface area (Å²) in [5.74, 6) is 0. The van der Waals surface area contributed by atoms with Crippen LogP contribution in [-0.2, 0) is 0 Å². The first-order valence-electron chi connectivity index (χ1n) is 6.66. The summed E-state index contributed by atoms with van der Waals surface area (Å²) in [6, 6.07) is 16.0. The number of aromatic nitrogens is 1. The van der Waals surface area contributed by atoms with Crippen LogP contribution in [0.5, 0.6) is 0 Å². The van der Waals surface area contributed by atoms with Crippen molar-refractivity contribution in [1.29, 1.82) is 0 Å². The van der Waals surface area contributed by atoms with E-state index in [0.717, 1.165) is 33.4 Å². The lowest BCUT2D eigenvalue weighted by atomic mass is 10.1. The Balaban J connectivity index is 2.09. The maximum Gasteiger partial charge on any atom is 0.106 e. The van der Waals surface area contributed by atoms with Crippen LogP contribution in [0.1, 0.15) is 11.1 Å². The topological polar surface area (TPSA) is 50.9 Å². The number of hydrogen-bond acceptors (Lipinski definition) is 3. The van der Waals surface area contributed by atoms with E-state index >= 15 is 0 Å². The predicted octanol–water partition coefficient (Wildman–Crippen LogP) is 3.92. The van der Waals surface area contributed by atoms with E-state index in [1.54, 1.807) is 6.20 Å².